The second-order valence-corrected chi connectivity index (χ2v) is 5.32. The number of aliphatic hydroxyl groups is 1. The fourth-order valence-electron chi connectivity index (χ4n) is 2.72. The first kappa shape index (κ1) is 14.0. The molecule has 1 saturated carbocycles. The van der Waals surface area contributed by atoms with Gasteiger partial charge in [0.05, 0.1) is 5.41 Å². The number of anilines is 1. The fourth-order valence-corrected chi connectivity index (χ4v) is 2.72. The molecular weight excluding hydrogens is 240 g/mol. The lowest BCUT2D eigenvalue weighted by Crippen LogP contribution is -2.40. The van der Waals surface area contributed by atoms with Gasteiger partial charge in [-0.2, -0.15) is 0 Å². The van der Waals surface area contributed by atoms with E-state index in [2.05, 4.69) is 5.32 Å². The molecule has 0 aliphatic heterocycles. The second-order valence-electron chi connectivity index (χ2n) is 5.32. The van der Waals surface area contributed by atoms with Crippen molar-refractivity contribution in [1.29, 1.82) is 0 Å². The molecule has 19 heavy (non-hydrogen) atoms. The highest BCUT2D eigenvalue weighted by Gasteiger charge is 2.39. The maximum absolute atomic E-state index is 12.3. The van der Waals surface area contributed by atoms with Crippen LogP contribution in [0.5, 0.6) is 0 Å². The van der Waals surface area contributed by atoms with Crippen LogP contribution in [-0.2, 0) is 11.2 Å². The Kier molecular flexibility index (Phi) is 4.56. The number of amides is 1. The molecule has 0 saturated heterocycles. The number of aliphatic hydroxyl groups excluding tert-OH is 1. The molecule has 1 fully saturated rings. The average molecular weight is 262 g/mol. The molecule has 1 aromatic carbocycles. The molecule has 0 spiro atoms. The van der Waals surface area contributed by atoms with Gasteiger partial charge in [0.25, 0.3) is 0 Å². The summed E-state index contributed by atoms with van der Waals surface area (Å²) in [4.78, 5) is 12.3. The highest BCUT2D eigenvalue weighted by atomic mass is 16.2. The zero-order valence-electron chi connectivity index (χ0n) is 11.2. The van der Waals surface area contributed by atoms with Gasteiger partial charge in [-0.1, -0.05) is 25.0 Å². The Balaban J connectivity index is 2.02. The number of rotatable bonds is 5. The van der Waals surface area contributed by atoms with E-state index >= 15 is 0 Å². The lowest BCUT2D eigenvalue weighted by atomic mass is 9.85. The highest BCUT2D eigenvalue weighted by Crippen LogP contribution is 2.38. The Labute approximate surface area is 114 Å². The third-order valence-electron chi connectivity index (χ3n) is 4.05. The quantitative estimate of drug-likeness (QED) is 0.755. The monoisotopic (exact) mass is 262 g/mol. The highest BCUT2D eigenvalue weighted by molar-refractivity contribution is 5.95. The molecule has 4 nitrogen and oxygen atoms in total. The first-order valence-electron chi connectivity index (χ1n) is 6.91. The molecule has 1 aliphatic rings. The van der Waals surface area contributed by atoms with Gasteiger partial charge in [-0.05, 0) is 37.0 Å². The Morgan fingerprint density at radius 3 is 2.42 bits per heavy atom. The minimum Gasteiger partial charge on any atom is -0.396 e. The molecule has 4 N–H and O–H groups in total. The van der Waals surface area contributed by atoms with Crippen molar-refractivity contribution in [3.63, 3.8) is 0 Å². The van der Waals surface area contributed by atoms with Crippen LogP contribution < -0.4 is 11.1 Å². The summed E-state index contributed by atoms with van der Waals surface area (Å²) in [5, 5.41) is 11.8. The van der Waals surface area contributed by atoms with Crippen LogP contribution in [0.15, 0.2) is 24.3 Å². The van der Waals surface area contributed by atoms with E-state index < -0.39 is 0 Å². The van der Waals surface area contributed by atoms with Gasteiger partial charge >= 0.3 is 0 Å². The predicted molar refractivity (Wildman–Crippen MR) is 75.8 cm³/mol. The van der Waals surface area contributed by atoms with Gasteiger partial charge in [0, 0.05) is 18.8 Å². The maximum atomic E-state index is 12.3. The molecule has 0 atom stereocenters. The Bertz CT molecular complexity index is 422. The van der Waals surface area contributed by atoms with Crippen LogP contribution in [0, 0.1) is 5.41 Å². The van der Waals surface area contributed by atoms with E-state index in [-0.39, 0.29) is 17.9 Å². The first-order chi connectivity index (χ1) is 9.20. The van der Waals surface area contributed by atoms with E-state index in [1.807, 2.05) is 24.3 Å². The summed E-state index contributed by atoms with van der Waals surface area (Å²) in [6, 6.07) is 7.61. The van der Waals surface area contributed by atoms with Gasteiger partial charge in [-0.3, -0.25) is 4.79 Å². The first-order valence-corrected chi connectivity index (χ1v) is 6.91. The molecule has 1 amide bonds. The fraction of sp³-hybridized carbons (Fsp3) is 0.533. The van der Waals surface area contributed by atoms with Crippen LogP contribution in [-0.4, -0.2) is 24.2 Å². The zero-order valence-corrected chi connectivity index (χ0v) is 11.2. The summed E-state index contributed by atoms with van der Waals surface area (Å²) in [7, 11) is 0. The van der Waals surface area contributed by atoms with E-state index in [1.165, 1.54) is 0 Å². The number of hydrogen-bond acceptors (Lipinski definition) is 3. The van der Waals surface area contributed by atoms with Crippen molar-refractivity contribution < 1.29 is 9.90 Å². The number of benzene rings is 1. The van der Waals surface area contributed by atoms with Crippen molar-refractivity contribution in [2.75, 3.05) is 18.5 Å². The predicted octanol–water partition coefficient (Wildman–Crippen LogP) is 1.68. The summed E-state index contributed by atoms with van der Waals surface area (Å²) in [5.74, 6) is 0.0439. The Morgan fingerprint density at radius 2 is 1.89 bits per heavy atom. The van der Waals surface area contributed by atoms with E-state index in [0.29, 0.717) is 13.0 Å². The van der Waals surface area contributed by atoms with Crippen molar-refractivity contribution in [2.24, 2.45) is 11.1 Å². The average Bonchev–Trinajstić information content (AvgIpc) is 2.91. The molecule has 1 aliphatic carbocycles. The lowest BCUT2D eigenvalue weighted by Gasteiger charge is -2.25. The number of nitrogens with one attached hydrogen (secondary N) is 1. The maximum Gasteiger partial charge on any atom is 0.231 e. The van der Waals surface area contributed by atoms with Crippen molar-refractivity contribution in [3.05, 3.63) is 29.8 Å². The van der Waals surface area contributed by atoms with Gasteiger partial charge in [-0.15, -0.1) is 0 Å². The SMILES string of the molecule is NCC1(C(=O)Nc2ccc(CCO)cc2)CCCC1. The smallest absolute Gasteiger partial charge is 0.231 e. The molecule has 0 radical (unpaired) electrons. The minimum absolute atomic E-state index is 0.0439. The Morgan fingerprint density at radius 1 is 1.26 bits per heavy atom. The summed E-state index contributed by atoms with van der Waals surface area (Å²) < 4.78 is 0. The third-order valence-corrected chi connectivity index (χ3v) is 4.05. The molecule has 0 unspecified atom stereocenters. The van der Waals surface area contributed by atoms with Gasteiger partial charge in [-0.25, -0.2) is 0 Å². The number of carbonyl (C=O) groups is 1. The van der Waals surface area contributed by atoms with E-state index in [4.69, 9.17) is 10.8 Å². The molecule has 1 aromatic rings. The second kappa shape index (κ2) is 6.17. The van der Waals surface area contributed by atoms with E-state index in [1.54, 1.807) is 0 Å². The van der Waals surface area contributed by atoms with Crippen molar-refractivity contribution >= 4 is 11.6 Å². The van der Waals surface area contributed by atoms with Gasteiger partial charge in [0.1, 0.15) is 0 Å². The molecule has 0 bridgehead atoms. The summed E-state index contributed by atoms with van der Waals surface area (Å²) in [6.45, 7) is 0.559. The summed E-state index contributed by atoms with van der Waals surface area (Å²) >= 11 is 0. The number of carbonyl (C=O) groups excluding carboxylic acids is 1. The minimum atomic E-state index is -0.371. The van der Waals surface area contributed by atoms with Gasteiger partial charge in [0.2, 0.25) is 5.91 Å². The van der Waals surface area contributed by atoms with Crippen LogP contribution in [0.3, 0.4) is 0 Å². The van der Waals surface area contributed by atoms with E-state index in [0.717, 1.165) is 36.9 Å². The number of hydrogen-bond donors (Lipinski definition) is 3. The van der Waals surface area contributed by atoms with Crippen LogP contribution >= 0.6 is 0 Å². The van der Waals surface area contributed by atoms with Crippen molar-refractivity contribution in [2.45, 2.75) is 32.1 Å². The van der Waals surface area contributed by atoms with E-state index in [9.17, 15) is 4.79 Å². The largest absolute Gasteiger partial charge is 0.396 e. The zero-order chi connectivity index (χ0) is 13.7. The van der Waals surface area contributed by atoms with Crippen molar-refractivity contribution in [3.8, 4) is 0 Å². The van der Waals surface area contributed by atoms with Crippen molar-refractivity contribution in [1.82, 2.24) is 0 Å². The molecule has 104 valence electrons. The molecule has 0 aromatic heterocycles. The summed E-state index contributed by atoms with van der Waals surface area (Å²) in [5.41, 5.74) is 7.29. The van der Waals surface area contributed by atoms with Gasteiger partial charge < -0.3 is 16.2 Å². The molecular formula is C15H22N2O2. The molecule has 4 heteroatoms. The van der Waals surface area contributed by atoms with Crippen LogP contribution in [0.25, 0.3) is 0 Å². The third kappa shape index (κ3) is 3.14. The molecule has 2 rings (SSSR count). The summed E-state index contributed by atoms with van der Waals surface area (Å²) in [6.07, 6.45) is 4.58. The lowest BCUT2D eigenvalue weighted by molar-refractivity contribution is -0.124. The van der Waals surface area contributed by atoms with Gasteiger partial charge in [0.15, 0.2) is 0 Å². The number of nitrogens with two attached hydrogens (primary N) is 1. The normalized spacial score (nSPS) is 17.4. The standard InChI is InChI=1S/C15H22N2O2/c16-11-15(8-1-2-9-15)14(19)17-13-5-3-12(4-6-13)7-10-18/h3-6,18H,1-2,7-11,16H2,(H,17,19). The van der Waals surface area contributed by atoms with Crippen LogP contribution in [0.2, 0.25) is 0 Å². The topological polar surface area (TPSA) is 75.4 Å². The molecule has 0 heterocycles. The van der Waals surface area contributed by atoms with Crippen LogP contribution in [0.4, 0.5) is 5.69 Å². The Hall–Kier alpha value is -1.39. The van der Waals surface area contributed by atoms with Crippen LogP contribution in [0.1, 0.15) is 31.2 Å².